The van der Waals surface area contributed by atoms with E-state index in [0.29, 0.717) is 5.92 Å². The van der Waals surface area contributed by atoms with Crippen LogP contribution in [0.2, 0.25) is 0 Å². The number of hydrogen-bond donors (Lipinski definition) is 0. The number of piperidine rings is 1. The Hall–Kier alpha value is -2.07. The van der Waals surface area contributed by atoms with Gasteiger partial charge in [0.05, 0.1) is 0 Å². The van der Waals surface area contributed by atoms with Gasteiger partial charge >= 0.3 is 0 Å². The van der Waals surface area contributed by atoms with Crippen molar-refractivity contribution < 1.29 is 9.53 Å². The molecule has 0 bridgehead atoms. The predicted octanol–water partition coefficient (Wildman–Crippen LogP) is 5.07. The summed E-state index contributed by atoms with van der Waals surface area (Å²) >= 11 is 0. The fraction of sp³-hybridized carbons (Fsp3) is 0.577. The second-order valence-electron chi connectivity index (χ2n) is 9.30. The van der Waals surface area contributed by atoms with Gasteiger partial charge in [-0.15, -0.1) is 0 Å². The van der Waals surface area contributed by atoms with Gasteiger partial charge in [0.15, 0.2) is 0 Å². The molecule has 0 unspecified atom stereocenters. The van der Waals surface area contributed by atoms with Crippen molar-refractivity contribution in [1.82, 2.24) is 9.80 Å². The monoisotopic (exact) mass is 408 g/mol. The van der Waals surface area contributed by atoms with Gasteiger partial charge in [0.2, 0.25) is 0 Å². The first kappa shape index (κ1) is 21.2. The molecule has 2 saturated heterocycles. The van der Waals surface area contributed by atoms with Gasteiger partial charge in [0, 0.05) is 38.3 Å². The lowest BCUT2D eigenvalue weighted by Gasteiger charge is -2.34. The molecule has 1 aliphatic carbocycles. The number of benzene rings is 1. The van der Waals surface area contributed by atoms with Crippen LogP contribution in [0.3, 0.4) is 0 Å². The standard InChI is InChI=1S/C26H36N2O2/c1-20(2)22-10-8-21(9-11-22)19-27-16-12-24(13-17-27)30-25-7-5-6-23(18-25)26(29)28-14-3-4-15-28/h5-8,18,22,24H,1,3-4,9-17,19H2,2H3/t22-/m1/s1. The maximum Gasteiger partial charge on any atom is 0.253 e. The van der Waals surface area contributed by atoms with E-state index >= 15 is 0 Å². The molecule has 2 aliphatic heterocycles. The predicted molar refractivity (Wildman–Crippen MR) is 122 cm³/mol. The lowest BCUT2D eigenvalue weighted by Crippen LogP contribution is -2.39. The van der Waals surface area contributed by atoms with Gasteiger partial charge in [0.1, 0.15) is 11.9 Å². The topological polar surface area (TPSA) is 32.8 Å². The molecule has 4 nitrogen and oxygen atoms in total. The number of likely N-dealkylation sites (tertiary alicyclic amines) is 2. The van der Waals surface area contributed by atoms with Crippen LogP contribution in [0.25, 0.3) is 0 Å². The molecular formula is C26H36N2O2. The molecule has 1 aromatic carbocycles. The van der Waals surface area contributed by atoms with Crippen LogP contribution < -0.4 is 4.74 Å². The second kappa shape index (κ2) is 9.82. The van der Waals surface area contributed by atoms with E-state index in [4.69, 9.17) is 4.74 Å². The number of nitrogens with zero attached hydrogens (tertiary/aromatic N) is 2. The summed E-state index contributed by atoms with van der Waals surface area (Å²) in [4.78, 5) is 17.2. The van der Waals surface area contributed by atoms with Gasteiger partial charge in [-0.05, 0) is 76.0 Å². The van der Waals surface area contributed by atoms with Crippen LogP contribution in [-0.4, -0.2) is 54.5 Å². The molecule has 4 heteroatoms. The third-order valence-corrected chi connectivity index (χ3v) is 6.94. The smallest absolute Gasteiger partial charge is 0.253 e. The highest BCUT2D eigenvalue weighted by molar-refractivity contribution is 5.94. The fourth-order valence-corrected chi connectivity index (χ4v) is 4.95. The number of rotatable bonds is 6. The summed E-state index contributed by atoms with van der Waals surface area (Å²) in [5.74, 6) is 1.66. The number of allylic oxidation sites excluding steroid dienone is 2. The minimum Gasteiger partial charge on any atom is -0.490 e. The largest absolute Gasteiger partial charge is 0.490 e. The maximum absolute atomic E-state index is 12.6. The van der Waals surface area contributed by atoms with E-state index in [-0.39, 0.29) is 12.0 Å². The average Bonchev–Trinajstić information content (AvgIpc) is 3.30. The zero-order valence-corrected chi connectivity index (χ0v) is 18.4. The lowest BCUT2D eigenvalue weighted by atomic mass is 9.85. The number of hydrogen-bond acceptors (Lipinski definition) is 3. The Morgan fingerprint density at radius 1 is 1.13 bits per heavy atom. The Morgan fingerprint density at radius 2 is 1.90 bits per heavy atom. The fourth-order valence-electron chi connectivity index (χ4n) is 4.95. The van der Waals surface area contributed by atoms with E-state index < -0.39 is 0 Å². The highest BCUT2D eigenvalue weighted by atomic mass is 16.5. The summed E-state index contributed by atoms with van der Waals surface area (Å²) in [6, 6.07) is 7.77. The van der Waals surface area contributed by atoms with Crippen molar-refractivity contribution in [1.29, 1.82) is 0 Å². The van der Waals surface area contributed by atoms with Crippen molar-refractivity contribution in [2.75, 3.05) is 32.7 Å². The number of carbonyl (C=O) groups excluding carboxylic acids is 1. The van der Waals surface area contributed by atoms with Gasteiger partial charge in [-0.3, -0.25) is 9.69 Å². The van der Waals surface area contributed by atoms with Crippen LogP contribution in [0.1, 0.15) is 62.2 Å². The molecule has 1 aromatic rings. The highest BCUT2D eigenvalue weighted by Crippen LogP contribution is 2.29. The van der Waals surface area contributed by atoms with Crippen molar-refractivity contribution in [3.63, 3.8) is 0 Å². The molecular weight excluding hydrogens is 372 g/mol. The molecule has 3 aliphatic rings. The van der Waals surface area contributed by atoms with E-state index in [2.05, 4.69) is 24.5 Å². The third kappa shape index (κ3) is 5.34. The summed E-state index contributed by atoms with van der Waals surface area (Å²) in [6.07, 6.45) is 10.7. The number of carbonyl (C=O) groups is 1. The maximum atomic E-state index is 12.6. The van der Waals surface area contributed by atoms with E-state index in [9.17, 15) is 4.79 Å². The normalized spacial score (nSPS) is 23.3. The van der Waals surface area contributed by atoms with Crippen LogP contribution in [-0.2, 0) is 0 Å². The molecule has 0 saturated carbocycles. The molecule has 0 spiro atoms. The van der Waals surface area contributed by atoms with Crippen LogP contribution in [0.4, 0.5) is 0 Å². The van der Waals surface area contributed by atoms with E-state index in [1.165, 1.54) is 18.4 Å². The summed E-state index contributed by atoms with van der Waals surface area (Å²) in [7, 11) is 0. The Bertz CT molecular complexity index is 786. The molecule has 1 atom stereocenters. The van der Waals surface area contributed by atoms with E-state index in [1.54, 1.807) is 5.57 Å². The van der Waals surface area contributed by atoms with Gasteiger partial charge in [-0.2, -0.15) is 0 Å². The SMILES string of the molecule is C=C(C)[C@@H]1CC=C(CN2CCC(Oc3cccc(C(=O)N4CCCC4)c3)CC2)CC1. The van der Waals surface area contributed by atoms with Crippen molar-refractivity contribution in [2.24, 2.45) is 5.92 Å². The molecule has 2 heterocycles. The quantitative estimate of drug-likeness (QED) is 0.616. The Balaban J connectivity index is 1.25. The summed E-state index contributed by atoms with van der Waals surface area (Å²) < 4.78 is 6.27. The molecule has 0 N–H and O–H groups in total. The Labute approximate surface area is 181 Å². The Kier molecular flexibility index (Phi) is 6.93. The summed E-state index contributed by atoms with van der Waals surface area (Å²) in [5.41, 5.74) is 3.68. The first-order valence-corrected chi connectivity index (χ1v) is 11.7. The summed E-state index contributed by atoms with van der Waals surface area (Å²) in [6.45, 7) is 11.3. The van der Waals surface area contributed by atoms with Crippen molar-refractivity contribution >= 4 is 5.91 Å². The average molecular weight is 409 g/mol. The first-order chi connectivity index (χ1) is 14.6. The number of amides is 1. The second-order valence-corrected chi connectivity index (χ2v) is 9.30. The zero-order chi connectivity index (χ0) is 20.9. The zero-order valence-electron chi connectivity index (χ0n) is 18.4. The van der Waals surface area contributed by atoms with Crippen LogP contribution in [0.5, 0.6) is 5.75 Å². The molecule has 0 radical (unpaired) electrons. The third-order valence-electron chi connectivity index (χ3n) is 6.94. The van der Waals surface area contributed by atoms with Crippen LogP contribution in [0.15, 0.2) is 48.1 Å². The highest BCUT2D eigenvalue weighted by Gasteiger charge is 2.24. The van der Waals surface area contributed by atoms with Gasteiger partial charge in [0.25, 0.3) is 5.91 Å². The first-order valence-electron chi connectivity index (χ1n) is 11.7. The van der Waals surface area contributed by atoms with E-state index in [1.807, 2.05) is 29.2 Å². The molecule has 2 fully saturated rings. The van der Waals surface area contributed by atoms with Crippen molar-refractivity contribution in [2.45, 2.75) is 58.0 Å². The van der Waals surface area contributed by atoms with Crippen LogP contribution in [0, 0.1) is 5.92 Å². The van der Waals surface area contributed by atoms with Crippen LogP contribution >= 0.6 is 0 Å². The molecule has 0 aromatic heterocycles. The van der Waals surface area contributed by atoms with Crippen molar-refractivity contribution in [3.8, 4) is 5.75 Å². The minimum atomic E-state index is 0.141. The lowest BCUT2D eigenvalue weighted by molar-refractivity contribution is 0.0790. The van der Waals surface area contributed by atoms with E-state index in [0.717, 1.165) is 76.1 Å². The van der Waals surface area contributed by atoms with Crippen molar-refractivity contribution in [3.05, 3.63) is 53.6 Å². The minimum absolute atomic E-state index is 0.141. The Morgan fingerprint density at radius 3 is 2.57 bits per heavy atom. The summed E-state index contributed by atoms with van der Waals surface area (Å²) in [5, 5.41) is 0. The molecule has 162 valence electrons. The van der Waals surface area contributed by atoms with Gasteiger partial charge in [-0.25, -0.2) is 0 Å². The van der Waals surface area contributed by atoms with Gasteiger partial charge < -0.3 is 9.64 Å². The molecule has 1 amide bonds. The van der Waals surface area contributed by atoms with Gasteiger partial charge in [-0.1, -0.05) is 29.9 Å². The molecule has 30 heavy (non-hydrogen) atoms. The number of ether oxygens (including phenoxy) is 1. The molecule has 4 rings (SSSR count).